The Bertz CT molecular complexity index is 2490. The third kappa shape index (κ3) is 12.5. The fraction of sp³-hybridized carbons (Fsp3) is 0.786. The molecule has 9 nitrogen and oxygen atoms in total. The highest BCUT2D eigenvalue weighted by molar-refractivity contribution is 6.59. The summed E-state index contributed by atoms with van der Waals surface area (Å²) in [7, 11) is -4.83. The van der Waals surface area contributed by atoms with Gasteiger partial charge in [-0.3, -0.25) is 28.4 Å². The zero-order valence-electron chi connectivity index (χ0n) is 36.0. The summed E-state index contributed by atoms with van der Waals surface area (Å²) in [4.78, 5) is 0. The van der Waals surface area contributed by atoms with Crippen molar-refractivity contribution < 1.29 is 240 Å². The van der Waals surface area contributed by atoms with Gasteiger partial charge in [0.15, 0.2) is 0 Å². The number of anilines is 1. The number of halogens is 46. The first kappa shape index (κ1) is 77.6. The first-order chi connectivity index (χ1) is 35.7. The number of ether oxygens (including phenoxy) is 6. The zero-order valence-corrected chi connectivity index (χ0v) is 36.0. The summed E-state index contributed by atoms with van der Waals surface area (Å²) in [5, 5.41) is 18.6. The van der Waals surface area contributed by atoms with Crippen LogP contribution in [-0.2, 0) is 40.1 Å². The van der Waals surface area contributed by atoms with E-state index in [0.717, 1.165) is 18.9 Å². The molecule has 0 bridgehead atoms. The van der Waals surface area contributed by atoms with E-state index >= 15 is 35.1 Å². The maximum absolute atomic E-state index is 16.2. The molecule has 0 saturated carbocycles. The van der Waals surface area contributed by atoms with Crippen molar-refractivity contribution in [2.75, 3.05) is 5.73 Å². The van der Waals surface area contributed by atoms with E-state index in [-0.39, 0.29) is 0 Å². The van der Waals surface area contributed by atoms with E-state index < -0.39 is 175 Å². The number of nitrogen functional groups attached to an aromatic ring is 1. The van der Waals surface area contributed by atoms with Crippen LogP contribution in [0.1, 0.15) is 11.1 Å². The molecule has 0 aromatic heterocycles. The lowest BCUT2D eigenvalue weighted by Crippen LogP contribution is -2.70. The smallest absolute Gasteiger partial charge is 0.423 e. The lowest BCUT2D eigenvalue weighted by Gasteiger charge is -2.43. The average molecular weight is 1370 g/mol. The second-order valence-corrected chi connectivity index (χ2v) is 14.8. The minimum Gasteiger partial charge on any atom is -0.423 e. The summed E-state index contributed by atoms with van der Waals surface area (Å²) in [6.45, 7) is 0. The van der Waals surface area contributed by atoms with Crippen molar-refractivity contribution in [3.05, 3.63) is 23.3 Å². The van der Waals surface area contributed by atoms with Gasteiger partial charge in [-0.1, -0.05) is 12.1 Å². The van der Waals surface area contributed by atoms with E-state index in [4.69, 9.17) is 0 Å². The van der Waals surface area contributed by atoms with Crippen LogP contribution in [0.5, 0.6) is 0 Å². The maximum Gasteiger partial charge on any atom is 0.489 e. The molecule has 0 aliphatic carbocycles. The molecule has 4 N–H and O–H groups in total. The molecule has 6 atom stereocenters. The molecule has 496 valence electrons. The van der Waals surface area contributed by atoms with Crippen LogP contribution < -0.4 is 11.2 Å². The van der Waals surface area contributed by atoms with E-state index in [1.807, 2.05) is 0 Å². The van der Waals surface area contributed by atoms with Gasteiger partial charge in [0.1, 0.15) is 0 Å². The largest absolute Gasteiger partial charge is 0.489 e. The van der Waals surface area contributed by atoms with Crippen LogP contribution in [0.3, 0.4) is 0 Å². The van der Waals surface area contributed by atoms with Crippen molar-refractivity contribution >= 4 is 18.3 Å². The van der Waals surface area contributed by atoms with Crippen LogP contribution in [0.2, 0.25) is 0 Å². The normalized spacial score (nSPS) is 19.9. The molecule has 0 saturated heterocycles. The maximum atomic E-state index is 16.2. The Kier molecular flexibility index (Phi) is 19.2. The van der Waals surface area contributed by atoms with Gasteiger partial charge in [-0.2, -0.15) is 202 Å². The first-order valence-corrected chi connectivity index (χ1v) is 17.9. The van der Waals surface area contributed by atoms with E-state index in [0.29, 0.717) is 0 Å². The molecule has 1 aromatic carbocycles. The van der Waals surface area contributed by atoms with Gasteiger partial charge in [-0.15, -0.1) is 0 Å². The van der Waals surface area contributed by atoms with Crippen molar-refractivity contribution in [2.24, 2.45) is 0 Å². The second kappa shape index (κ2) is 20.8. The van der Waals surface area contributed by atoms with Crippen LogP contribution >= 0.6 is 0 Å². The highest BCUT2D eigenvalue weighted by Gasteiger charge is 2.91. The molecule has 0 aliphatic heterocycles. The van der Waals surface area contributed by atoms with Crippen molar-refractivity contribution in [2.45, 2.75) is 133 Å². The summed E-state index contributed by atoms with van der Waals surface area (Å²) >= 11 is 0. The van der Waals surface area contributed by atoms with Crippen molar-refractivity contribution in [1.29, 1.82) is 0 Å². The lowest BCUT2D eigenvalue weighted by atomic mass is 9.73. The molecule has 0 amide bonds. The number of rotatable bonds is 21. The van der Waals surface area contributed by atoms with Gasteiger partial charge in [-0.25, -0.2) is 0 Å². The molecule has 1 rings (SSSR count). The van der Waals surface area contributed by atoms with Crippen LogP contribution in [0.4, 0.5) is 208 Å². The van der Waals surface area contributed by atoms with Gasteiger partial charge < -0.3 is 15.8 Å². The predicted molar refractivity (Wildman–Crippen MR) is 156 cm³/mol. The Balaban J connectivity index is 4.69. The van der Waals surface area contributed by atoms with E-state index in [9.17, 15) is 177 Å². The number of nitrogens with two attached hydrogens (primary N) is 1. The number of alkyl halides is 46. The highest BCUT2D eigenvalue weighted by Crippen LogP contribution is 2.64. The first-order valence-electron chi connectivity index (χ1n) is 17.9. The van der Waals surface area contributed by atoms with Crippen LogP contribution in [0.15, 0.2) is 12.1 Å². The summed E-state index contributed by atoms with van der Waals surface area (Å²) in [6.07, 6.45) is -126. The van der Waals surface area contributed by atoms with Crippen molar-refractivity contribution in [3.63, 3.8) is 0 Å². The minimum absolute atomic E-state index is 0.844. The quantitative estimate of drug-likeness (QED) is 0.0627. The van der Waals surface area contributed by atoms with Crippen LogP contribution in [0, 0.1) is 0 Å². The molecule has 0 fully saturated rings. The third-order valence-electron chi connectivity index (χ3n) is 8.96. The summed E-state index contributed by atoms with van der Waals surface area (Å²) in [6, 6.07) is -3.73. The van der Waals surface area contributed by atoms with Gasteiger partial charge in [-0.05, 0) is 5.46 Å². The molecule has 0 aliphatic rings. The zero-order chi connectivity index (χ0) is 68.5. The van der Waals surface area contributed by atoms with Crippen molar-refractivity contribution in [1.82, 2.24) is 0 Å². The Labute approximate surface area is 422 Å². The summed E-state index contributed by atoms with van der Waals surface area (Å²) in [5.41, 5.74) is -13.3. The predicted octanol–water partition coefficient (Wildman–Crippen LogP) is 13.3. The van der Waals surface area contributed by atoms with E-state index in [1.165, 1.54) is 9.47 Å². The fourth-order valence-corrected chi connectivity index (χ4v) is 4.92. The fourth-order valence-electron chi connectivity index (χ4n) is 4.92. The molecule has 0 spiro atoms. The molecule has 0 heterocycles. The summed E-state index contributed by atoms with van der Waals surface area (Å²) < 4.78 is 646. The molecule has 6 unspecified atom stereocenters. The monoisotopic (exact) mass is 1370 g/mol. The van der Waals surface area contributed by atoms with Gasteiger partial charge >= 0.3 is 140 Å². The molecule has 1 aromatic rings. The number of hydrogen-bond donors (Lipinski definition) is 3. The molecule has 0 radical (unpaired) electrons. The second-order valence-electron chi connectivity index (χ2n) is 14.8. The van der Waals surface area contributed by atoms with Crippen molar-refractivity contribution in [3.8, 4) is 0 Å². The van der Waals surface area contributed by atoms with E-state index in [1.54, 1.807) is 0 Å². The third-order valence-corrected chi connectivity index (χ3v) is 8.96. The van der Waals surface area contributed by atoms with Crippen LogP contribution in [-0.4, -0.2) is 138 Å². The molecule has 84 heavy (non-hydrogen) atoms. The number of benzene rings is 1. The summed E-state index contributed by atoms with van der Waals surface area (Å²) in [5.74, 6) is -72.0. The Morgan fingerprint density at radius 3 is 0.690 bits per heavy atom. The Morgan fingerprint density at radius 1 is 0.274 bits per heavy atom. The van der Waals surface area contributed by atoms with Gasteiger partial charge in [0.25, 0.3) is 0 Å². The minimum atomic E-state index is -9.56. The van der Waals surface area contributed by atoms with Gasteiger partial charge in [0.2, 0.25) is 0 Å². The van der Waals surface area contributed by atoms with E-state index in [2.05, 4.69) is 5.73 Å². The lowest BCUT2D eigenvalue weighted by molar-refractivity contribution is -0.580. The topological polar surface area (TPSA) is 122 Å². The molecule has 56 heteroatoms. The van der Waals surface area contributed by atoms with Crippen LogP contribution in [0.25, 0.3) is 0 Å². The number of hydrogen-bond acceptors (Lipinski definition) is 9. The standard InChI is InChI=1S/C28H6BF46NO8/c30-7(15(40,41)42,79-25(68,69)11(36,19(52,53)54)83-27(72,73)13(38,21(58,59)60)81-23(64,65)9(32,33)17(46,47)48)3-1-2-4(29(77)78)5(6(3)76)8(31,16(43,44)45)80-26(70,71)12(37,20(55,56)57)84-28(74,75)14(39,22(61,62)63)82-24(66,67)10(34,35)18(49,50)51/h1-2,77-78H,76H2. The van der Waals surface area contributed by atoms with Gasteiger partial charge in [0, 0.05) is 16.8 Å². The Hall–Kier alpha value is -4.46. The SMILES string of the molecule is Nc1c(C(F)(OC(F)(F)C(F)(OC(F)(F)C(F)(OC(F)(F)C(F)(F)C(F)(F)F)C(F)(F)F)C(F)(F)F)C(F)(F)F)ccc(B(O)O)c1C(F)(OC(F)(F)C(F)(OC(F)(F)C(F)(OC(F)(F)C(F)(F)C(F)(F)F)C(F)(F)F)C(F)(F)F)C(F)(F)F. The average Bonchev–Trinajstić information content (AvgIpc) is 3.18. The highest BCUT2D eigenvalue weighted by atomic mass is 19.5. The molecular weight excluding hydrogens is 1360 g/mol. The molecular formula is C28H6BF46NO8. The Morgan fingerprint density at radius 2 is 0.488 bits per heavy atom. The van der Waals surface area contributed by atoms with Gasteiger partial charge in [0.05, 0.1) is 0 Å².